The summed E-state index contributed by atoms with van der Waals surface area (Å²) in [7, 11) is 1.40. The molecule has 2 amide bonds. The topological polar surface area (TPSA) is 105 Å². The fourth-order valence-electron chi connectivity index (χ4n) is 2.06. The number of nitrogens with one attached hydrogen (secondary N) is 2. The number of methoxy groups -OCH3 is 1. The van der Waals surface area contributed by atoms with E-state index >= 15 is 0 Å². The lowest BCUT2D eigenvalue weighted by molar-refractivity contribution is -0.119. The summed E-state index contributed by atoms with van der Waals surface area (Å²) in [5.41, 5.74) is 0.847. The van der Waals surface area contributed by atoms with Gasteiger partial charge in [-0.3, -0.25) is 9.59 Å². The van der Waals surface area contributed by atoms with E-state index in [2.05, 4.69) is 26.6 Å². The Morgan fingerprint density at radius 3 is 2.56 bits per heavy atom. The number of ether oxygens (including phenoxy) is 1. The molecule has 0 heterocycles. The van der Waals surface area contributed by atoms with Crippen molar-refractivity contribution in [3.8, 4) is 0 Å². The van der Waals surface area contributed by atoms with Gasteiger partial charge in [-0.25, -0.2) is 4.79 Å². The summed E-state index contributed by atoms with van der Waals surface area (Å²) < 4.78 is 5.32. The van der Waals surface area contributed by atoms with E-state index in [1.54, 1.807) is 24.3 Å². The van der Waals surface area contributed by atoms with Crippen molar-refractivity contribution >= 4 is 45.1 Å². The number of carboxylic acids is 1. The van der Waals surface area contributed by atoms with Gasteiger partial charge in [0.1, 0.15) is 6.61 Å². The van der Waals surface area contributed by atoms with Crippen LogP contribution in [0, 0.1) is 0 Å². The minimum atomic E-state index is -1.16. The summed E-state index contributed by atoms with van der Waals surface area (Å²) in [5.74, 6) is -1.99. The number of hydrogen-bond acceptors (Lipinski definition) is 4. The maximum atomic E-state index is 12.4. The molecule has 0 bridgehead atoms. The number of carboxylic acid groups (broad SMARTS) is 1. The van der Waals surface area contributed by atoms with E-state index in [4.69, 9.17) is 4.74 Å². The predicted molar refractivity (Wildman–Crippen MR) is 96.0 cm³/mol. The molecule has 8 heteroatoms. The van der Waals surface area contributed by atoms with Crippen molar-refractivity contribution in [2.24, 2.45) is 0 Å². The van der Waals surface area contributed by atoms with Crippen LogP contribution in [0.25, 0.3) is 0 Å². The minimum absolute atomic E-state index is 0.0349. The summed E-state index contributed by atoms with van der Waals surface area (Å²) in [6.45, 7) is -0.0999. The highest BCUT2D eigenvalue weighted by atomic mass is 79.9. The number of benzene rings is 2. The van der Waals surface area contributed by atoms with Gasteiger partial charge in [0.15, 0.2) is 0 Å². The number of hydrogen-bond donors (Lipinski definition) is 3. The molecule has 2 aromatic carbocycles. The maximum Gasteiger partial charge on any atom is 0.337 e. The first kappa shape index (κ1) is 18.6. The molecular weight excluding hydrogens is 392 g/mol. The average Bonchev–Trinajstić information content (AvgIpc) is 2.56. The van der Waals surface area contributed by atoms with Crippen LogP contribution >= 0.6 is 15.9 Å². The molecule has 0 aliphatic rings. The minimum Gasteiger partial charge on any atom is -0.478 e. The van der Waals surface area contributed by atoms with Crippen molar-refractivity contribution in [1.82, 2.24) is 0 Å². The van der Waals surface area contributed by atoms with Crippen LogP contribution in [-0.2, 0) is 9.53 Å². The molecule has 0 unspecified atom stereocenters. The van der Waals surface area contributed by atoms with E-state index in [1.165, 1.54) is 25.3 Å². The number of amides is 2. The number of aromatic carboxylic acids is 1. The Labute approximate surface area is 152 Å². The summed E-state index contributed by atoms with van der Waals surface area (Å²) in [6.07, 6.45) is 0. The van der Waals surface area contributed by atoms with Crippen LogP contribution in [0.15, 0.2) is 46.9 Å². The smallest absolute Gasteiger partial charge is 0.337 e. The molecule has 2 aromatic rings. The van der Waals surface area contributed by atoms with E-state index in [9.17, 15) is 19.5 Å². The standard InChI is InChI=1S/C17H15BrN2O5/c1-25-9-15(21)19-12-4-2-3-10(7-12)16(22)20-14-6-5-11(18)8-13(14)17(23)24/h2-8H,9H2,1H3,(H,19,21)(H,20,22)(H,23,24). The molecular formula is C17H15BrN2O5. The van der Waals surface area contributed by atoms with E-state index < -0.39 is 11.9 Å². The first-order valence-corrected chi connectivity index (χ1v) is 7.93. The molecule has 0 aromatic heterocycles. The average molecular weight is 407 g/mol. The zero-order chi connectivity index (χ0) is 18.4. The Hall–Kier alpha value is -2.71. The van der Waals surface area contributed by atoms with E-state index in [0.717, 1.165) is 0 Å². The largest absolute Gasteiger partial charge is 0.478 e. The summed E-state index contributed by atoms with van der Waals surface area (Å²) >= 11 is 3.19. The van der Waals surface area contributed by atoms with Gasteiger partial charge < -0.3 is 20.5 Å². The number of halogens is 1. The zero-order valence-electron chi connectivity index (χ0n) is 13.2. The monoisotopic (exact) mass is 406 g/mol. The zero-order valence-corrected chi connectivity index (χ0v) is 14.8. The molecule has 0 saturated carbocycles. The number of rotatable bonds is 6. The van der Waals surface area contributed by atoms with E-state index in [1.807, 2.05) is 0 Å². The molecule has 0 atom stereocenters. The molecule has 0 aliphatic heterocycles. The molecule has 130 valence electrons. The molecule has 7 nitrogen and oxygen atoms in total. The number of carbonyl (C=O) groups excluding carboxylic acids is 2. The molecule has 2 rings (SSSR count). The van der Waals surface area contributed by atoms with Crippen LogP contribution in [0.1, 0.15) is 20.7 Å². The Morgan fingerprint density at radius 2 is 1.88 bits per heavy atom. The van der Waals surface area contributed by atoms with Crippen molar-refractivity contribution in [3.63, 3.8) is 0 Å². The molecule has 25 heavy (non-hydrogen) atoms. The number of carbonyl (C=O) groups is 3. The molecule has 0 saturated heterocycles. The third-order valence-corrected chi connectivity index (χ3v) is 3.64. The predicted octanol–water partition coefficient (Wildman–Crippen LogP) is 2.98. The van der Waals surface area contributed by atoms with Crippen molar-refractivity contribution in [2.75, 3.05) is 24.4 Å². The third-order valence-electron chi connectivity index (χ3n) is 3.14. The molecule has 0 spiro atoms. The van der Waals surface area contributed by atoms with Crippen molar-refractivity contribution < 1.29 is 24.2 Å². The van der Waals surface area contributed by atoms with Crippen molar-refractivity contribution in [1.29, 1.82) is 0 Å². The SMILES string of the molecule is COCC(=O)Nc1cccc(C(=O)Nc2ccc(Br)cc2C(=O)O)c1. The summed E-state index contributed by atoms with van der Waals surface area (Å²) in [4.78, 5) is 35.2. The third kappa shape index (κ3) is 5.13. The molecule has 0 radical (unpaired) electrons. The Kier molecular flexibility index (Phi) is 6.26. The van der Waals surface area contributed by atoms with Crippen LogP contribution in [0.3, 0.4) is 0 Å². The maximum absolute atomic E-state index is 12.4. The van der Waals surface area contributed by atoms with Crippen LogP contribution in [-0.4, -0.2) is 36.6 Å². The fraction of sp³-hybridized carbons (Fsp3) is 0.118. The normalized spacial score (nSPS) is 10.2. The molecule has 0 aliphatic carbocycles. The van der Waals surface area contributed by atoms with Crippen LogP contribution in [0.2, 0.25) is 0 Å². The van der Waals surface area contributed by atoms with E-state index in [0.29, 0.717) is 10.2 Å². The second-order valence-electron chi connectivity index (χ2n) is 5.01. The second-order valence-corrected chi connectivity index (χ2v) is 5.93. The highest BCUT2D eigenvalue weighted by Gasteiger charge is 2.14. The quantitative estimate of drug-likeness (QED) is 0.683. The Bertz CT molecular complexity index is 822. The fourth-order valence-corrected chi connectivity index (χ4v) is 2.42. The lowest BCUT2D eigenvalue weighted by Gasteiger charge is -2.10. The van der Waals surface area contributed by atoms with Gasteiger partial charge in [0.05, 0.1) is 11.3 Å². The van der Waals surface area contributed by atoms with Gasteiger partial charge in [-0.05, 0) is 36.4 Å². The second kappa shape index (κ2) is 8.41. The van der Waals surface area contributed by atoms with Crippen molar-refractivity contribution in [2.45, 2.75) is 0 Å². The Balaban J connectivity index is 2.19. The lowest BCUT2D eigenvalue weighted by atomic mass is 10.1. The van der Waals surface area contributed by atoms with Crippen LogP contribution < -0.4 is 10.6 Å². The van der Waals surface area contributed by atoms with Crippen molar-refractivity contribution in [3.05, 3.63) is 58.1 Å². The summed E-state index contributed by atoms with van der Waals surface area (Å²) in [6, 6.07) is 10.8. The molecule has 3 N–H and O–H groups in total. The number of anilines is 2. The van der Waals surface area contributed by atoms with Gasteiger partial charge in [0.25, 0.3) is 5.91 Å². The highest BCUT2D eigenvalue weighted by molar-refractivity contribution is 9.10. The van der Waals surface area contributed by atoms with E-state index in [-0.39, 0.29) is 29.3 Å². The van der Waals surface area contributed by atoms with Crippen LogP contribution in [0.5, 0.6) is 0 Å². The van der Waals surface area contributed by atoms with Crippen LogP contribution in [0.4, 0.5) is 11.4 Å². The Morgan fingerprint density at radius 1 is 1.12 bits per heavy atom. The lowest BCUT2D eigenvalue weighted by Crippen LogP contribution is -2.18. The van der Waals surface area contributed by atoms with Gasteiger partial charge in [-0.15, -0.1) is 0 Å². The summed E-state index contributed by atoms with van der Waals surface area (Å²) in [5, 5.41) is 14.4. The highest BCUT2D eigenvalue weighted by Crippen LogP contribution is 2.22. The first-order chi connectivity index (χ1) is 11.9. The van der Waals surface area contributed by atoms with Gasteiger partial charge >= 0.3 is 5.97 Å². The van der Waals surface area contributed by atoms with Gasteiger partial charge in [0.2, 0.25) is 5.91 Å². The van der Waals surface area contributed by atoms with Gasteiger partial charge in [0, 0.05) is 22.8 Å². The first-order valence-electron chi connectivity index (χ1n) is 7.13. The molecule has 0 fully saturated rings. The van der Waals surface area contributed by atoms with Gasteiger partial charge in [-0.1, -0.05) is 22.0 Å². The van der Waals surface area contributed by atoms with Gasteiger partial charge in [-0.2, -0.15) is 0 Å².